The molecule has 1 aliphatic rings. The highest BCUT2D eigenvalue weighted by Crippen LogP contribution is 2.39. The molecule has 2 heterocycles. The molecule has 2 aromatic heterocycles. The second kappa shape index (κ2) is 5.34. The van der Waals surface area contributed by atoms with Crippen molar-refractivity contribution in [2.45, 2.75) is 45.6 Å². The van der Waals surface area contributed by atoms with Crippen LogP contribution in [-0.4, -0.2) is 9.97 Å². The molecule has 106 valence electrons. The minimum atomic E-state index is 0.227. The van der Waals surface area contributed by atoms with Crippen LogP contribution in [0.4, 0.5) is 5.82 Å². The number of anilines is 1. The Morgan fingerprint density at radius 2 is 2.05 bits per heavy atom. The first-order chi connectivity index (χ1) is 9.54. The van der Waals surface area contributed by atoms with E-state index in [-0.39, 0.29) is 6.04 Å². The number of hydrogen-bond donors (Lipinski definition) is 1. The Morgan fingerprint density at radius 1 is 1.30 bits per heavy atom. The Bertz CT molecular complexity index is 634. The summed E-state index contributed by atoms with van der Waals surface area (Å²) in [6, 6.07) is 4.54. The first kappa shape index (κ1) is 13.8. The van der Waals surface area contributed by atoms with Gasteiger partial charge >= 0.3 is 0 Å². The van der Waals surface area contributed by atoms with Gasteiger partial charge in [0.2, 0.25) is 0 Å². The highest BCUT2D eigenvalue weighted by atomic mass is 35.5. The molecule has 1 saturated carbocycles. The van der Waals surface area contributed by atoms with Crippen molar-refractivity contribution in [1.82, 2.24) is 9.97 Å². The van der Waals surface area contributed by atoms with Gasteiger partial charge in [-0.2, -0.15) is 0 Å². The summed E-state index contributed by atoms with van der Waals surface area (Å²) in [5, 5.41) is 4.05. The van der Waals surface area contributed by atoms with Crippen molar-refractivity contribution in [3.05, 3.63) is 38.4 Å². The van der Waals surface area contributed by atoms with Crippen LogP contribution in [0.2, 0.25) is 5.15 Å². The van der Waals surface area contributed by atoms with E-state index in [1.165, 1.54) is 22.6 Å². The topological polar surface area (TPSA) is 37.8 Å². The molecule has 0 radical (unpaired) electrons. The fourth-order valence-corrected chi connectivity index (χ4v) is 3.19. The molecule has 0 saturated heterocycles. The Hall–Kier alpha value is -1.13. The molecule has 1 N–H and O–H groups in total. The Morgan fingerprint density at radius 3 is 2.65 bits per heavy atom. The lowest BCUT2D eigenvalue weighted by Gasteiger charge is -2.16. The highest BCUT2D eigenvalue weighted by molar-refractivity contribution is 7.12. The SMILES string of the molecule is Cc1ccc(C(C)Nc2nc(C3CC3)nc(Cl)c2C)s1. The molecule has 1 atom stereocenters. The number of halogens is 1. The quantitative estimate of drug-likeness (QED) is 0.820. The zero-order valence-corrected chi connectivity index (χ0v) is 13.5. The van der Waals surface area contributed by atoms with Gasteiger partial charge in [0.15, 0.2) is 0 Å². The molecule has 20 heavy (non-hydrogen) atoms. The number of nitrogens with one attached hydrogen (secondary N) is 1. The van der Waals surface area contributed by atoms with E-state index in [2.05, 4.69) is 41.3 Å². The van der Waals surface area contributed by atoms with E-state index in [1.807, 2.05) is 18.3 Å². The summed E-state index contributed by atoms with van der Waals surface area (Å²) in [5.74, 6) is 2.26. The lowest BCUT2D eigenvalue weighted by atomic mass is 10.2. The van der Waals surface area contributed by atoms with Gasteiger partial charge in [-0.1, -0.05) is 11.6 Å². The molecule has 3 nitrogen and oxygen atoms in total. The number of thiophene rings is 1. The van der Waals surface area contributed by atoms with Gasteiger partial charge < -0.3 is 5.32 Å². The summed E-state index contributed by atoms with van der Waals surface area (Å²) >= 11 is 8.05. The third-order valence-electron chi connectivity index (χ3n) is 3.59. The van der Waals surface area contributed by atoms with Crippen molar-refractivity contribution in [3.8, 4) is 0 Å². The second-order valence-corrected chi connectivity index (χ2v) is 7.11. The number of aromatic nitrogens is 2. The van der Waals surface area contributed by atoms with E-state index in [0.29, 0.717) is 11.1 Å². The van der Waals surface area contributed by atoms with Crippen molar-refractivity contribution >= 4 is 28.8 Å². The predicted octanol–water partition coefficient (Wildman–Crippen LogP) is 4.86. The lowest BCUT2D eigenvalue weighted by Crippen LogP contribution is -2.10. The van der Waals surface area contributed by atoms with Crippen LogP contribution in [-0.2, 0) is 0 Å². The van der Waals surface area contributed by atoms with Crippen LogP contribution in [0.15, 0.2) is 12.1 Å². The predicted molar refractivity (Wildman–Crippen MR) is 84.8 cm³/mol. The summed E-state index contributed by atoms with van der Waals surface area (Å²) in [6.45, 7) is 6.24. The fraction of sp³-hybridized carbons (Fsp3) is 0.467. The summed E-state index contributed by atoms with van der Waals surface area (Å²) in [5.41, 5.74) is 0.927. The normalized spacial score (nSPS) is 16.2. The van der Waals surface area contributed by atoms with Crippen LogP contribution in [0.25, 0.3) is 0 Å². The third kappa shape index (κ3) is 2.81. The molecular formula is C15H18ClN3S. The van der Waals surface area contributed by atoms with E-state index < -0.39 is 0 Å². The molecule has 0 amide bonds. The van der Waals surface area contributed by atoms with Crippen LogP contribution in [0.3, 0.4) is 0 Å². The van der Waals surface area contributed by atoms with E-state index >= 15 is 0 Å². The molecule has 0 aliphatic heterocycles. The van der Waals surface area contributed by atoms with E-state index in [9.17, 15) is 0 Å². The second-order valence-electron chi connectivity index (χ2n) is 5.43. The van der Waals surface area contributed by atoms with Crippen molar-refractivity contribution in [3.63, 3.8) is 0 Å². The lowest BCUT2D eigenvalue weighted by molar-refractivity contribution is 0.861. The number of hydrogen-bond acceptors (Lipinski definition) is 4. The molecule has 0 bridgehead atoms. The molecule has 0 spiro atoms. The van der Waals surface area contributed by atoms with E-state index in [1.54, 1.807) is 0 Å². The zero-order chi connectivity index (χ0) is 14.3. The molecule has 3 rings (SSSR count). The van der Waals surface area contributed by atoms with E-state index in [0.717, 1.165) is 17.2 Å². The maximum absolute atomic E-state index is 6.24. The Labute approximate surface area is 128 Å². The Kier molecular flexibility index (Phi) is 3.69. The number of rotatable bonds is 4. The minimum Gasteiger partial charge on any atom is -0.362 e. The maximum Gasteiger partial charge on any atom is 0.137 e. The van der Waals surface area contributed by atoms with Gasteiger partial charge in [-0.05, 0) is 45.7 Å². The van der Waals surface area contributed by atoms with Crippen LogP contribution in [0.1, 0.15) is 52.9 Å². The number of nitrogens with zero attached hydrogens (tertiary/aromatic N) is 2. The minimum absolute atomic E-state index is 0.227. The monoisotopic (exact) mass is 307 g/mol. The van der Waals surface area contributed by atoms with Crippen molar-refractivity contribution < 1.29 is 0 Å². The number of aryl methyl sites for hydroxylation is 1. The first-order valence-corrected chi connectivity index (χ1v) is 8.11. The largest absolute Gasteiger partial charge is 0.362 e. The van der Waals surface area contributed by atoms with Gasteiger partial charge in [0.1, 0.15) is 16.8 Å². The van der Waals surface area contributed by atoms with Gasteiger partial charge in [0.05, 0.1) is 6.04 Å². The smallest absolute Gasteiger partial charge is 0.137 e. The average molecular weight is 308 g/mol. The maximum atomic E-state index is 6.24. The molecule has 5 heteroatoms. The molecule has 0 aromatic carbocycles. The molecule has 2 aromatic rings. The van der Waals surface area contributed by atoms with Crippen LogP contribution in [0, 0.1) is 13.8 Å². The van der Waals surface area contributed by atoms with Gasteiger partial charge in [-0.3, -0.25) is 0 Å². The van der Waals surface area contributed by atoms with Crippen molar-refractivity contribution in [1.29, 1.82) is 0 Å². The van der Waals surface area contributed by atoms with Crippen molar-refractivity contribution in [2.75, 3.05) is 5.32 Å². The summed E-state index contributed by atoms with van der Waals surface area (Å²) < 4.78 is 0. The summed E-state index contributed by atoms with van der Waals surface area (Å²) in [4.78, 5) is 11.7. The van der Waals surface area contributed by atoms with Gasteiger partial charge in [0.25, 0.3) is 0 Å². The fourth-order valence-electron chi connectivity index (χ4n) is 2.13. The zero-order valence-electron chi connectivity index (χ0n) is 11.9. The molecular weight excluding hydrogens is 290 g/mol. The summed E-state index contributed by atoms with van der Waals surface area (Å²) in [6.07, 6.45) is 2.36. The van der Waals surface area contributed by atoms with Gasteiger partial charge in [-0.15, -0.1) is 11.3 Å². The van der Waals surface area contributed by atoms with Gasteiger partial charge in [0, 0.05) is 21.2 Å². The van der Waals surface area contributed by atoms with Crippen LogP contribution < -0.4 is 5.32 Å². The first-order valence-electron chi connectivity index (χ1n) is 6.91. The van der Waals surface area contributed by atoms with Crippen LogP contribution in [0.5, 0.6) is 0 Å². The van der Waals surface area contributed by atoms with Crippen molar-refractivity contribution in [2.24, 2.45) is 0 Å². The Balaban J connectivity index is 1.85. The highest BCUT2D eigenvalue weighted by Gasteiger charge is 2.28. The average Bonchev–Trinajstić information content (AvgIpc) is 3.16. The van der Waals surface area contributed by atoms with Gasteiger partial charge in [-0.25, -0.2) is 9.97 Å². The molecule has 1 aliphatic carbocycles. The molecule has 1 unspecified atom stereocenters. The van der Waals surface area contributed by atoms with Crippen LogP contribution >= 0.6 is 22.9 Å². The standard InChI is InChI=1S/C15H18ClN3S/c1-8-4-7-12(20-8)10(3)17-14-9(2)13(16)18-15(19-14)11-5-6-11/h4,7,10-11H,5-6H2,1-3H3,(H,17,18,19). The summed E-state index contributed by atoms with van der Waals surface area (Å²) in [7, 11) is 0. The third-order valence-corrected chi connectivity index (χ3v) is 5.14. The van der Waals surface area contributed by atoms with E-state index in [4.69, 9.17) is 11.6 Å². The molecule has 1 fully saturated rings.